The molecule has 24 heavy (non-hydrogen) atoms. The van der Waals surface area contributed by atoms with Gasteiger partial charge >= 0.3 is 0 Å². The molecule has 3 rings (SSSR count). The summed E-state index contributed by atoms with van der Waals surface area (Å²) in [6.07, 6.45) is 26.6. The highest BCUT2D eigenvalue weighted by molar-refractivity contribution is 4.78. The Hall–Kier alpha value is 0. The SMILES string of the molecule is C1CCC2CCCCC2C1.C1CCCC1.CCC.CCCCCC. The third-order valence-electron chi connectivity index (χ3n) is 5.67. The van der Waals surface area contributed by atoms with Crippen LogP contribution in [0.15, 0.2) is 0 Å². The average Bonchev–Trinajstić information content (AvgIpc) is 3.21. The molecular formula is C24H50. The Morgan fingerprint density at radius 1 is 0.458 bits per heavy atom. The van der Waals surface area contributed by atoms with Gasteiger partial charge in [-0.05, 0) is 11.8 Å². The first-order valence-corrected chi connectivity index (χ1v) is 11.8. The van der Waals surface area contributed by atoms with Gasteiger partial charge in [-0.1, -0.05) is 143 Å². The molecule has 0 unspecified atom stereocenters. The van der Waals surface area contributed by atoms with Gasteiger partial charge in [-0.2, -0.15) is 0 Å². The molecule has 0 saturated heterocycles. The first kappa shape index (κ1) is 24.0. The molecule has 0 amide bonds. The molecule has 0 nitrogen and oxygen atoms in total. The molecule has 3 saturated carbocycles. The van der Waals surface area contributed by atoms with Crippen molar-refractivity contribution >= 4 is 0 Å². The minimum absolute atomic E-state index is 1.16. The van der Waals surface area contributed by atoms with E-state index in [1.807, 2.05) is 0 Å². The molecule has 0 heterocycles. The van der Waals surface area contributed by atoms with E-state index in [0.29, 0.717) is 0 Å². The number of hydrogen-bond donors (Lipinski definition) is 0. The molecule has 0 aromatic heterocycles. The van der Waals surface area contributed by atoms with Crippen molar-refractivity contribution in [1.29, 1.82) is 0 Å². The summed E-state index contributed by atoms with van der Waals surface area (Å²) in [5, 5.41) is 0. The molecule has 146 valence electrons. The van der Waals surface area contributed by atoms with E-state index in [0.717, 1.165) is 11.8 Å². The van der Waals surface area contributed by atoms with Gasteiger partial charge in [-0.3, -0.25) is 0 Å². The van der Waals surface area contributed by atoms with Gasteiger partial charge in [-0.25, -0.2) is 0 Å². The van der Waals surface area contributed by atoms with E-state index in [4.69, 9.17) is 0 Å². The molecule has 0 aromatic carbocycles. The first-order chi connectivity index (χ1) is 11.8. The summed E-state index contributed by atoms with van der Waals surface area (Å²) in [6, 6.07) is 0. The molecule has 3 aliphatic rings. The van der Waals surface area contributed by atoms with Crippen LogP contribution in [0.4, 0.5) is 0 Å². The fraction of sp³-hybridized carbons (Fsp3) is 1.00. The van der Waals surface area contributed by atoms with Crippen molar-refractivity contribution in [2.45, 2.75) is 143 Å². The lowest BCUT2D eigenvalue weighted by atomic mass is 9.71. The maximum absolute atomic E-state index is 2.23. The molecule has 0 radical (unpaired) electrons. The Morgan fingerprint density at radius 3 is 0.917 bits per heavy atom. The molecule has 3 aliphatic carbocycles. The van der Waals surface area contributed by atoms with Crippen molar-refractivity contribution in [2.24, 2.45) is 11.8 Å². The van der Waals surface area contributed by atoms with Crippen LogP contribution in [0.1, 0.15) is 143 Å². The van der Waals surface area contributed by atoms with Gasteiger partial charge in [0.15, 0.2) is 0 Å². The zero-order chi connectivity index (χ0) is 17.9. The predicted octanol–water partition coefficient (Wildman–Crippen LogP) is 9.32. The average molecular weight is 339 g/mol. The summed E-state index contributed by atoms with van der Waals surface area (Å²) in [7, 11) is 0. The van der Waals surface area contributed by atoms with Crippen LogP contribution < -0.4 is 0 Å². The molecule has 0 aliphatic heterocycles. The van der Waals surface area contributed by atoms with Crippen LogP contribution in [-0.4, -0.2) is 0 Å². The maximum atomic E-state index is 2.23. The summed E-state index contributed by atoms with van der Waals surface area (Å²) in [5.41, 5.74) is 0. The van der Waals surface area contributed by atoms with Crippen LogP contribution in [0.2, 0.25) is 0 Å². The van der Waals surface area contributed by atoms with Gasteiger partial charge in [-0.15, -0.1) is 0 Å². The van der Waals surface area contributed by atoms with Crippen molar-refractivity contribution in [3.63, 3.8) is 0 Å². The van der Waals surface area contributed by atoms with Crippen LogP contribution in [0.25, 0.3) is 0 Å². The second-order valence-corrected chi connectivity index (χ2v) is 8.27. The van der Waals surface area contributed by atoms with Crippen LogP contribution in [-0.2, 0) is 0 Å². The Morgan fingerprint density at radius 2 is 0.708 bits per heavy atom. The quantitative estimate of drug-likeness (QED) is 0.449. The summed E-state index contributed by atoms with van der Waals surface area (Å²) >= 11 is 0. The second kappa shape index (κ2) is 19.3. The van der Waals surface area contributed by atoms with Crippen LogP contribution in [0.5, 0.6) is 0 Å². The van der Waals surface area contributed by atoms with Crippen LogP contribution >= 0.6 is 0 Å². The Labute approximate surface area is 155 Å². The minimum atomic E-state index is 1.16. The summed E-state index contributed by atoms with van der Waals surface area (Å²) in [4.78, 5) is 0. The third-order valence-corrected chi connectivity index (χ3v) is 5.67. The zero-order valence-corrected chi connectivity index (χ0v) is 17.9. The molecule has 0 spiro atoms. The van der Waals surface area contributed by atoms with Gasteiger partial charge < -0.3 is 0 Å². The Balaban J connectivity index is 0.000000327. The van der Waals surface area contributed by atoms with E-state index in [2.05, 4.69) is 27.7 Å². The minimum Gasteiger partial charge on any atom is -0.0656 e. The highest BCUT2D eigenvalue weighted by atomic mass is 14.3. The number of fused-ring (bicyclic) bond motifs is 1. The van der Waals surface area contributed by atoms with E-state index in [-0.39, 0.29) is 0 Å². The summed E-state index contributed by atoms with van der Waals surface area (Å²) < 4.78 is 0. The number of rotatable bonds is 3. The van der Waals surface area contributed by atoms with E-state index in [1.165, 1.54) is 89.9 Å². The largest absolute Gasteiger partial charge is 0.0656 e. The fourth-order valence-corrected chi connectivity index (χ4v) is 4.24. The van der Waals surface area contributed by atoms with E-state index < -0.39 is 0 Å². The summed E-state index contributed by atoms with van der Waals surface area (Å²) in [6.45, 7) is 8.71. The van der Waals surface area contributed by atoms with Gasteiger partial charge in [0, 0.05) is 0 Å². The smallest absolute Gasteiger partial charge is 0.0386 e. The molecule has 0 aromatic rings. The topological polar surface area (TPSA) is 0 Å². The monoisotopic (exact) mass is 338 g/mol. The van der Waals surface area contributed by atoms with Gasteiger partial charge in [0.1, 0.15) is 0 Å². The van der Waals surface area contributed by atoms with E-state index in [1.54, 1.807) is 25.7 Å². The van der Waals surface area contributed by atoms with Crippen molar-refractivity contribution < 1.29 is 0 Å². The number of unbranched alkanes of at least 4 members (excludes halogenated alkanes) is 3. The highest BCUT2D eigenvalue weighted by Crippen LogP contribution is 2.39. The van der Waals surface area contributed by atoms with Crippen LogP contribution in [0.3, 0.4) is 0 Å². The van der Waals surface area contributed by atoms with E-state index >= 15 is 0 Å². The molecule has 0 bridgehead atoms. The zero-order valence-electron chi connectivity index (χ0n) is 17.9. The van der Waals surface area contributed by atoms with E-state index in [9.17, 15) is 0 Å². The standard InChI is InChI=1S/C10H18.C6H14.C5H10.C3H8/c1-2-6-10-8-4-3-7-9(10)5-1;1-3-5-6-4-2;1-2-4-5-3-1;1-3-2/h9-10H,1-8H2;3-6H2,1-2H3;1-5H2;3H2,1-2H3. The molecule has 0 heteroatoms. The van der Waals surface area contributed by atoms with Gasteiger partial charge in [0.25, 0.3) is 0 Å². The first-order valence-electron chi connectivity index (χ1n) is 11.8. The maximum Gasteiger partial charge on any atom is -0.0386 e. The predicted molar refractivity (Wildman–Crippen MR) is 113 cm³/mol. The summed E-state index contributed by atoms with van der Waals surface area (Å²) in [5.74, 6) is 2.31. The Bertz CT molecular complexity index is 178. The normalized spacial score (nSPS) is 25.0. The van der Waals surface area contributed by atoms with Gasteiger partial charge in [0.2, 0.25) is 0 Å². The van der Waals surface area contributed by atoms with Gasteiger partial charge in [0.05, 0.1) is 0 Å². The number of hydrogen-bond acceptors (Lipinski definition) is 0. The third kappa shape index (κ3) is 14.4. The lowest BCUT2D eigenvalue weighted by Crippen LogP contribution is -2.22. The molecular weight excluding hydrogens is 288 g/mol. The Kier molecular flexibility index (Phi) is 19.3. The van der Waals surface area contributed by atoms with Crippen LogP contribution in [0, 0.1) is 11.8 Å². The van der Waals surface area contributed by atoms with Crippen molar-refractivity contribution in [2.75, 3.05) is 0 Å². The molecule has 0 atom stereocenters. The molecule has 3 fully saturated rings. The fourth-order valence-electron chi connectivity index (χ4n) is 4.24. The lowest BCUT2D eigenvalue weighted by Gasteiger charge is -2.35. The highest BCUT2D eigenvalue weighted by Gasteiger charge is 2.26. The van der Waals surface area contributed by atoms with Crippen molar-refractivity contribution in [3.8, 4) is 0 Å². The van der Waals surface area contributed by atoms with Crippen molar-refractivity contribution in [3.05, 3.63) is 0 Å². The molecule has 0 N–H and O–H groups in total. The lowest BCUT2D eigenvalue weighted by molar-refractivity contribution is 0.171. The second-order valence-electron chi connectivity index (χ2n) is 8.27. The van der Waals surface area contributed by atoms with Crippen molar-refractivity contribution in [1.82, 2.24) is 0 Å².